The lowest BCUT2D eigenvalue weighted by atomic mass is 9.85. The van der Waals surface area contributed by atoms with Gasteiger partial charge < -0.3 is 5.32 Å². The Kier molecular flexibility index (Phi) is 6.30. The fourth-order valence-corrected chi connectivity index (χ4v) is 5.09. The van der Waals surface area contributed by atoms with Crippen LogP contribution in [0.3, 0.4) is 0 Å². The minimum Gasteiger partial charge on any atom is -0.317 e. The maximum atomic E-state index is 12.2. The van der Waals surface area contributed by atoms with E-state index >= 15 is 0 Å². The van der Waals surface area contributed by atoms with E-state index in [1.54, 1.807) is 0 Å². The third-order valence-corrected chi connectivity index (χ3v) is 6.48. The highest BCUT2D eigenvalue weighted by Crippen LogP contribution is 2.26. The van der Waals surface area contributed by atoms with Crippen molar-refractivity contribution in [2.24, 2.45) is 11.8 Å². The van der Waals surface area contributed by atoms with Gasteiger partial charge in [-0.25, -0.2) is 13.1 Å². The van der Waals surface area contributed by atoms with Crippen LogP contribution in [0.1, 0.15) is 58.3 Å². The van der Waals surface area contributed by atoms with E-state index in [-0.39, 0.29) is 6.04 Å². The fourth-order valence-electron chi connectivity index (χ4n) is 3.56. The summed E-state index contributed by atoms with van der Waals surface area (Å²) >= 11 is 0. The molecule has 0 aromatic rings. The van der Waals surface area contributed by atoms with E-state index < -0.39 is 10.0 Å². The van der Waals surface area contributed by atoms with Gasteiger partial charge in [-0.05, 0) is 64.0 Å². The molecule has 1 aliphatic heterocycles. The molecule has 0 radical (unpaired) electrons. The molecule has 0 bridgehead atoms. The van der Waals surface area contributed by atoms with E-state index in [1.165, 1.54) is 32.1 Å². The Hall–Kier alpha value is -0.130. The number of sulfonamides is 1. The van der Waals surface area contributed by atoms with Gasteiger partial charge in [-0.15, -0.1) is 0 Å². The smallest absolute Gasteiger partial charge is 0.211 e. The van der Waals surface area contributed by atoms with Crippen LogP contribution in [0.15, 0.2) is 0 Å². The molecule has 4 nitrogen and oxygen atoms in total. The zero-order valence-corrected chi connectivity index (χ0v) is 13.6. The molecule has 118 valence electrons. The maximum absolute atomic E-state index is 12.2. The summed E-state index contributed by atoms with van der Waals surface area (Å²) in [5.41, 5.74) is 0. The van der Waals surface area contributed by atoms with Crippen LogP contribution < -0.4 is 10.0 Å². The first kappa shape index (κ1) is 16.2. The quantitative estimate of drug-likeness (QED) is 0.791. The van der Waals surface area contributed by atoms with E-state index in [2.05, 4.69) is 10.0 Å². The van der Waals surface area contributed by atoms with Gasteiger partial charge in [0, 0.05) is 6.04 Å². The van der Waals surface area contributed by atoms with Crippen molar-refractivity contribution in [3.05, 3.63) is 0 Å². The largest absolute Gasteiger partial charge is 0.317 e. The summed E-state index contributed by atoms with van der Waals surface area (Å²) in [5, 5.41) is 3.32. The Balaban J connectivity index is 1.74. The van der Waals surface area contributed by atoms with Gasteiger partial charge in [0.05, 0.1) is 5.75 Å². The Bertz CT molecular complexity index is 371. The summed E-state index contributed by atoms with van der Waals surface area (Å²) in [6.07, 6.45) is 9.23. The SMILES string of the molecule is CC(NS(=O)(=O)CCC1CCNCC1)C1CCCCC1. The normalized spacial score (nSPS) is 24.6. The predicted octanol–water partition coefficient (Wildman–Crippen LogP) is 2.26. The van der Waals surface area contributed by atoms with Gasteiger partial charge in [-0.2, -0.15) is 0 Å². The van der Waals surface area contributed by atoms with Crippen LogP contribution in [0, 0.1) is 11.8 Å². The van der Waals surface area contributed by atoms with Gasteiger partial charge in [0.25, 0.3) is 0 Å². The summed E-state index contributed by atoms with van der Waals surface area (Å²) in [6.45, 7) is 4.12. The van der Waals surface area contributed by atoms with E-state index in [0.717, 1.165) is 32.4 Å². The maximum Gasteiger partial charge on any atom is 0.211 e. The monoisotopic (exact) mass is 302 g/mol. The highest BCUT2D eigenvalue weighted by Gasteiger charge is 2.25. The van der Waals surface area contributed by atoms with E-state index in [0.29, 0.717) is 17.6 Å². The molecule has 0 amide bonds. The van der Waals surface area contributed by atoms with Crippen molar-refractivity contribution in [3.8, 4) is 0 Å². The first-order valence-electron chi connectivity index (χ1n) is 8.27. The molecule has 1 atom stereocenters. The predicted molar refractivity (Wildman–Crippen MR) is 83.2 cm³/mol. The average Bonchev–Trinajstić information content (AvgIpc) is 2.47. The second-order valence-corrected chi connectivity index (χ2v) is 8.48. The summed E-state index contributed by atoms with van der Waals surface area (Å²) in [5.74, 6) is 1.42. The van der Waals surface area contributed by atoms with Gasteiger partial charge in [0.1, 0.15) is 0 Å². The summed E-state index contributed by atoms with van der Waals surface area (Å²) < 4.78 is 27.3. The second-order valence-electron chi connectivity index (χ2n) is 6.61. The van der Waals surface area contributed by atoms with Crippen molar-refractivity contribution >= 4 is 10.0 Å². The molecular weight excluding hydrogens is 272 g/mol. The molecule has 0 aromatic heterocycles. The van der Waals surface area contributed by atoms with Crippen LogP contribution in [0.25, 0.3) is 0 Å². The number of hydrogen-bond donors (Lipinski definition) is 2. The minimum absolute atomic E-state index is 0.105. The van der Waals surface area contributed by atoms with Crippen LogP contribution in [0.2, 0.25) is 0 Å². The Labute approximate surface area is 124 Å². The van der Waals surface area contributed by atoms with Gasteiger partial charge in [-0.3, -0.25) is 0 Å². The molecule has 5 heteroatoms. The van der Waals surface area contributed by atoms with Crippen LogP contribution in [-0.4, -0.2) is 33.3 Å². The molecule has 1 aliphatic carbocycles. The van der Waals surface area contributed by atoms with Crippen molar-refractivity contribution in [1.82, 2.24) is 10.0 Å². The van der Waals surface area contributed by atoms with Gasteiger partial charge in [0.15, 0.2) is 0 Å². The topological polar surface area (TPSA) is 58.2 Å². The standard InChI is InChI=1S/C15H30N2O2S/c1-13(15-5-3-2-4-6-15)17-20(18,19)12-9-14-7-10-16-11-8-14/h13-17H,2-12H2,1H3. The Morgan fingerprint density at radius 2 is 1.75 bits per heavy atom. The summed E-state index contributed by atoms with van der Waals surface area (Å²) in [7, 11) is -3.10. The van der Waals surface area contributed by atoms with Gasteiger partial charge in [0.2, 0.25) is 10.0 Å². The molecule has 2 aliphatic rings. The van der Waals surface area contributed by atoms with Crippen molar-refractivity contribution < 1.29 is 8.42 Å². The molecule has 1 unspecified atom stereocenters. The zero-order valence-electron chi connectivity index (χ0n) is 12.7. The van der Waals surface area contributed by atoms with Crippen LogP contribution in [0.5, 0.6) is 0 Å². The summed E-state index contributed by atoms with van der Waals surface area (Å²) in [6, 6.07) is 0.105. The van der Waals surface area contributed by atoms with Crippen LogP contribution in [-0.2, 0) is 10.0 Å². The molecule has 2 fully saturated rings. The third-order valence-electron chi connectivity index (χ3n) is 4.98. The van der Waals surface area contributed by atoms with Crippen molar-refractivity contribution in [3.63, 3.8) is 0 Å². The number of nitrogens with one attached hydrogen (secondary N) is 2. The lowest BCUT2D eigenvalue weighted by molar-refractivity contribution is 0.302. The average molecular weight is 302 g/mol. The van der Waals surface area contributed by atoms with Gasteiger partial charge >= 0.3 is 0 Å². The molecule has 0 aromatic carbocycles. The first-order valence-corrected chi connectivity index (χ1v) is 9.93. The second kappa shape index (κ2) is 7.76. The highest BCUT2D eigenvalue weighted by atomic mass is 32.2. The van der Waals surface area contributed by atoms with Gasteiger partial charge in [-0.1, -0.05) is 19.3 Å². The molecule has 2 N–H and O–H groups in total. The zero-order chi connectivity index (χ0) is 14.4. The lowest BCUT2D eigenvalue weighted by Crippen LogP contribution is -2.40. The molecule has 1 saturated heterocycles. The summed E-state index contributed by atoms with van der Waals surface area (Å²) in [4.78, 5) is 0. The van der Waals surface area contributed by atoms with Crippen molar-refractivity contribution in [2.75, 3.05) is 18.8 Å². The highest BCUT2D eigenvalue weighted by molar-refractivity contribution is 7.89. The molecule has 1 heterocycles. The Morgan fingerprint density at radius 3 is 2.40 bits per heavy atom. The van der Waals surface area contributed by atoms with Crippen LogP contribution in [0.4, 0.5) is 0 Å². The Morgan fingerprint density at radius 1 is 1.10 bits per heavy atom. The molecular formula is C15H30N2O2S. The lowest BCUT2D eigenvalue weighted by Gasteiger charge is -2.28. The van der Waals surface area contributed by atoms with Crippen molar-refractivity contribution in [2.45, 2.75) is 64.3 Å². The molecule has 20 heavy (non-hydrogen) atoms. The number of piperidine rings is 1. The molecule has 1 saturated carbocycles. The molecule has 2 rings (SSSR count). The van der Waals surface area contributed by atoms with Crippen molar-refractivity contribution in [1.29, 1.82) is 0 Å². The fraction of sp³-hybridized carbons (Fsp3) is 1.00. The minimum atomic E-state index is -3.10. The van der Waals surface area contributed by atoms with E-state index in [9.17, 15) is 8.42 Å². The van der Waals surface area contributed by atoms with E-state index in [1.807, 2.05) is 6.92 Å². The third kappa shape index (κ3) is 5.34. The number of hydrogen-bond acceptors (Lipinski definition) is 3. The van der Waals surface area contributed by atoms with Crippen LogP contribution >= 0.6 is 0 Å². The molecule has 0 spiro atoms. The first-order chi connectivity index (χ1) is 9.57. The number of rotatable bonds is 6. The van der Waals surface area contributed by atoms with E-state index in [4.69, 9.17) is 0 Å².